The van der Waals surface area contributed by atoms with Gasteiger partial charge in [-0.25, -0.2) is 9.37 Å². The van der Waals surface area contributed by atoms with Crippen molar-refractivity contribution in [1.29, 1.82) is 0 Å². The van der Waals surface area contributed by atoms with Crippen LogP contribution in [-0.2, 0) is 17.8 Å². The van der Waals surface area contributed by atoms with Gasteiger partial charge < -0.3 is 24.7 Å². The van der Waals surface area contributed by atoms with Crippen molar-refractivity contribution in [3.8, 4) is 0 Å². The molecule has 1 fully saturated rings. The van der Waals surface area contributed by atoms with Crippen molar-refractivity contribution >= 4 is 11.8 Å². The van der Waals surface area contributed by atoms with Gasteiger partial charge in [0.25, 0.3) is 0 Å². The summed E-state index contributed by atoms with van der Waals surface area (Å²) in [5, 5.41) is 23.1. The number of halogens is 1. The van der Waals surface area contributed by atoms with Crippen LogP contribution in [0.5, 0.6) is 0 Å². The van der Waals surface area contributed by atoms with E-state index < -0.39 is 11.9 Å². The molecule has 2 aliphatic heterocycles. The molecule has 2 aliphatic rings. The second-order valence-corrected chi connectivity index (χ2v) is 6.34. The van der Waals surface area contributed by atoms with E-state index >= 15 is 0 Å². The normalized spacial score (nSPS) is 18.7. The number of anilines is 2. The van der Waals surface area contributed by atoms with Gasteiger partial charge in [-0.15, -0.1) is 0 Å². The zero-order chi connectivity index (χ0) is 18.1. The first-order valence-electron chi connectivity index (χ1n) is 8.61. The monoisotopic (exact) mass is 364 g/mol. The van der Waals surface area contributed by atoms with Crippen LogP contribution in [-0.4, -0.2) is 69.4 Å². The van der Waals surface area contributed by atoms with E-state index in [0.29, 0.717) is 63.4 Å². The summed E-state index contributed by atoms with van der Waals surface area (Å²) >= 11 is 0. The average molecular weight is 364 g/mol. The molecule has 0 saturated carbocycles. The molecule has 0 aliphatic carbocycles. The first-order chi connectivity index (χ1) is 12.7. The van der Waals surface area contributed by atoms with Crippen molar-refractivity contribution in [1.82, 2.24) is 19.7 Å². The highest BCUT2D eigenvalue weighted by Crippen LogP contribution is 2.24. The Labute approximate surface area is 149 Å². The third-order valence-electron chi connectivity index (χ3n) is 4.64. The summed E-state index contributed by atoms with van der Waals surface area (Å²) in [6.45, 7) is 3.66. The molecule has 10 heteroatoms. The van der Waals surface area contributed by atoms with Gasteiger partial charge in [0.1, 0.15) is 6.10 Å². The summed E-state index contributed by atoms with van der Waals surface area (Å²) in [6, 6.07) is 1.76. The minimum atomic E-state index is -0.989. The molecule has 0 aromatic carbocycles. The van der Waals surface area contributed by atoms with Gasteiger partial charge in [0, 0.05) is 19.6 Å². The molecule has 4 rings (SSSR count). The van der Waals surface area contributed by atoms with E-state index in [4.69, 9.17) is 9.84 Å². The molecule has 2 aromatic heterocycles. The Balaban J connectivity index is 1.56. The SMILES string of the molecule is OCC(O)c1cc2n(n1)CCN(c1ncc(F)c(N3CCOCC3)n1)C2. The Morgan fingerprint density at radius 2 is 2.00 bits per heavy atom. The number of hydrogen-bond acceptors (Lipinski definition) is 8. The van der Waals surface area contributed by atoms with E-state index in [2.05, 4.69) is 15.1 Å². The van der Waals surface area contributed by atoms with Crippen LogP contribution in [0, 0.1) is 5.82 Å². The Hall–Kier alpha value is -2.30. The zero-order valence-corrected chi connectivity index (χ0v) is 14.3. The fraction of sp³-hybridized carbons (Fsp3) is 0.562. The second-order valence-electron chi connectivity index (χ2n) is 6.34. The maximum absolute atomic E-state index is 14.2. The number of hydrogen-bond donors (Lipinski definition) is 2. The minimum Gasteiger partial charge on any atom is -0.393 e. The smallest absolute Gasteiger partial charge is 0.227 e. The number of nitrogens with zero attached hydrogens (tertiary/aromatic N) is 6. The quantitative estimate of drug-likeness (QED) is 0.763. The van der Waals surface area contributed by atoms with Crippen molar-refractivity contribution in [2.75, 3.05) is 49.3 Å². The average Bonchev–Trinajstić information content (AvgIpc) is 3.11. The zero-order valence-electron chi connectivity index (χ0n) is 14.3. The highest BCUT2D eigenvalue weighted by Gasteiger charge is 2.24. The Morgan fingerprint density at radius 1 is 1.19 bits per heavy atom. The molecular formula is C16H21FN6O3. The summed E-state index contributed by atoms with van der Waals surface area (Å²) in [5.74, 6) is 0.324. The number of ether oxygens (including phenoxy) is 1. The minimum absolute atomic E-state index is 0.300. The lowest BCUT2D eigenvalue weighted by molar-refractivity contribution is 0.0916. The fourth-order valence-electron chi connectivity index (χ4n) is 3.21. The molecule has 1 atom stereocenters. The molecule has 2 aromatic rings. The summed E-state index contributed by atoms with van der Waals surface area (Å²) in [5.41, 5.74) is 1.33. The van der Waals surface area contributed by atoms with Gasteiger partial charge in [0.05, 0.1) is 50.5 Å². The number of fused-ring (bicyclic) bond motifs is 1. The maximum Gasteiger partial charge on any atom is 0.227 e. The first kappa shape index (κ1) is 17.1. The second kappa shape index (κ2) is 7.14. The Bertz CT molecular complexity index is 779. The number of aliphatic hydroxyl groups excluding tert-OH is 2. The van der Waals surface area contributed by atoms with E-state index in [1.54, 1.807) is 10.7 Å². The molecule has 1 saturated heterocycles. The topological polar surface area (TPSA) is 99.8 Å². The van der Waals surface area contributed by atoms with Crippen molar-refractivity contribution in [3.05, 3.63) is 29.5 Å². The van der Waals surface area contributed by atoms with Crippen LogP contribution in [0.1, 0.15) is 17.5 Å². The molecule has 26 heavy (non-hydrogen) atoms. The Morgan fingerprint density at radius 3 is 2.77 bits per heavy atom. The van der Waals surface area contributed by atoms with Crippen LogP contribution in [0.25, 0.3) is 0 Å². The predicted molar refractivity (Wildman–Crippen MR) is 90.3 cm³/mol. The standard InChI is InChI=1S/C16H21FN6O3/c17-12-8-18-16(19-15(12)21-3-5-26-6-4-21)22-1-2-23-11(9-22)7-13(20-23)14(25)10-24/h7-8,14,24-25H,1-6,9-10H2. The van der Waals surface area contributed by atoms with Crippen LogP contribution in [0.3, 0.4) is 0 Å². The highest BCUT2D eigenvalue weighted by molar-refractivity contribution is 5.46. The molecule has 4 heterocycles. The van der Waals surface area contributed by atoms with Gasteiger partial charge in [-0.3, -0.25) is 4.68 Å². The van der Waals surface area contributed by atoms with Crippen LogP contribution < -0.4 is 9.80 Å². The van der Waals surface area contributed by atoms with E-state index in [0.717, 1.165) is 5.69 Å². The van der Waals surface area contributed by atoms with Crippen molar-refractivity contribution in [2.24, 2.45) is 0 Å². The third kappa shape index (κ3) is 3.22. The van der Waals surface area contributed by atoms with E-state index in [-0.39, 0.29) is 6.61 Å². The molecule has 9 nitrogen and oxygen atoms in total. The number of aliphatic hydroxyl groups is 2. The maximum atomic E-state index is 14.2. The van der Waals surface area contributed by atoms with E-state index in [9.17, 15) is 9.50 Å². The molecule has 0 spiro atoms. The van der Waals surface area contributed by atoms with Gasteiger partial charge in [-0.2, -0.15) is 10.1 Å². The molecule has 0 radical (unpaired) electrons. The fourth-order valence-corrected chi connectivity index (χ4v) is 3.21. The van der Waals surface area contributed by atoms with Crippen LogP contribution in [0.4, 0.5) is 16.2 Å². The van der Waals surface area contributed by atoms with E-state index in [1.165, 1.54) is 6.20 Å². The molecule has 0 amide bonds. The highest BCUT2D eigenvalue weighted by atomic mass is 19.1. The largest absolute Gasteiger partial charge is 0.393 e. The van der Waals surface area contributed by atoms with Crippen LogP contribution in [0.2, 0.25) is 0 Å². The first-order valence-corrected chi connectivity index (χ1v) is 8.61. The van der Waals surface area contributed by atoms with Gasteiger partial charge in [0.2, 0.25) is 5.95 Å². The number of morpholine rings is 1. The van der Waals surface area contributed by atoms with E-state index in [1.807, 2.05) is 9.80 Å². The van der Waals surface area contributed by atoms with Gasteiger partial charge >= 0.3 is 0 Å². The predicted octanol–water partition coefficient (Wildman–Crippen LogP) is -0.305. The lowest BCUT2D eigenvalue weighted by Crippen LogP contribution is -2.38. The third-order valence-corrected chi connectivity index (χ3v) is 4.64. The number of rotatable bonds is 4. The van der Waals surface area contributed by atoms with Gasteiger partial charge in [0.15, 0.2) is 11.6 Å². The summed E-state index contributed by atoms with van der Waals surface area (Å²) in [7, 11) is 0. The summed E-state index contributed by atoms with van der Waals surface area (Å²) in [6.07, 6.45) is 0.219. The van der Waals surface area contributed by atoms with Gasteiger partial charge in [-0.05, 0) is 6.07 Å². The molecule has 0 bridgehead atoms. The van der Waals surface area contributed by atoms with Crippen LogP contribution in [0.15, 0.2) is 12.3 Å². The molecule has 140 valence electrons. The summed E-state index contributed by atoms with van der Waals surface area (Å²) < 4.78 is 21.3. The van der Waals surface area contributed by atoms with Crippen LogP contribution >= 0.6 is 0 Å². The van der Waals surface area contributed by atoms with Crippen molar-refractivity contribution < 1.29 is 19.3 Å². The molecular weight excluding hydrogens is 343 g/mol. The number of aromatic nitrogens is 4. The summed E-state index contributed by atoms with van der Waals surface area (Å²) in [4.78, 5) is 12.4. The lowest BCUT2D eigenvalue weighted by atomic mass is 10.2. The molecule has 2 N–H and O–H groups in total. The van der Waals surface area contributed by atoms with Crippen molar-refractivity contribution in [2.45, 2.75) is 19.2 Å². The van der Waals surface area contributed by atoms with Gasteiger partial charge in [-0.1, -0.05) is 0 Å². The van der Waals surface area contributed by atoms with Crippen molar-refractivity contribution in [3.63, 3.8) is 0 Å². The lowest BCUT2D eigenvalue weighted by Gasteiger charge is -2.30. The Kier molecular flexibility index (Phi) is 4.70. The molecule has 1 unspecified atom stereocenters.